The van der Waals surface area contributed by atoms with Gasteiger partial charge in [0.15, 0.2) is 0 Å². The van der Waals surface area contributed by atoms with Crippen molar-refractivity contribution in [2.24, 2.45) is 7.05 Å². The van der Waals surface area contributed by atoms with Crippen molar-refractivity contribution in [1.82, 2.24) is 14.4 Å². The van der Waals surface area contributed by atoms with E-state index in [2.05, 4.69) is 34.7 Å². The lowest BCUT2D eigenvalue weighted by atomic mass is 9.87. The third kappa shape index (κ3) is 4.32. The van der Waals surface area contributed by atoms with Gasteiger partial charge in [-0.25, -0.2) is 0 Å². The molecule has 0 unspecified atom stereocenters. The minimum atomic E-state index is -0.380. The molecule has 1 aliphatic heterocycles. The van der Waals surface area contributed by atoms with Crippen molar-refractivity contribution in [3.63, 3.8) is 0 Å². The van der Waals surface area contributed by atoms with Gasteiger partial charge < -0.3 is 14.4 Å². The maximum atomic E-state index is 13.3. The van der Waals surface area contributed by atoms with Crippen molar-refractivity contribution in [3.05, 3.63) is 76.0 Å². The van der Waals surface area contributed by atoms with E-state index in [1.807, 2.05) is 30.1 Å². The van der Waals surface area contributed by atoms with Gasteiger partial charge in [-0.1, -0.05) is 37.3 Å². The van der Waals surface area contributed by atoms with E-state index in [0.29, 0.717) is 6.42 Å². The van der Waals surface area contributed by atoms with E-state index in [1.54, 1.807) is 12.1 Å². The first-order valence-electron chi connectivity index (χ1n) is 10.8. The van der Waals surface area contributed by atoms with Gasteiger partial charge >= 0.3 is 0 Å². The number of non-ortho nitro benzene ring substituents is 1. The normalized spacial score (nSPS) is 15.9. The number of aromatic nitrogens is 1. The Morgan fingerprint density at radius 1 is 1.10 bits per heavy atom. The number of para-hydroxylation sites is 1. The Bertz CT molecular complexity index is 1100. The van der Waals surface area contributed by atoms with E-state index < -0.39 is 0 Å². The number of carbonyl (C=O) groups is 1. The molecule has 3 aromatic rings. The van der Waals surface area contributed by atoms with Crippen LogP contribution in [0.1, 0.15) is 30.4 Å². The Kier molecular flexibility index (Phi) is 6.04. The second-order valence-corrected chi connectivity index (χ2v) is 8.14. The number of rotatable bonds is 6. The van der Waals surface area contributed by atoms with Crippen LogP contribution in [0.4, 0.5) is 5.69 Å². The van der Waals surface area contributed by atoms with Crippen molar-refractivity contribution in [3.8, 4) is 0 Å². The number of piperazine rings is 1. The van der Waals surface area contributed by atoms with Crippen LogP contribution in [0.2, 0.25) is 0 Å². The quantitative estimate of drug-likeness (QED) is 0.450. The molecule has 1 aromatic heterocycles. The molecule has 0 spiro atoms. The van der Waals surface area contributed by atoms with Gasteiger partial charge in [-0.15, -0.1) is 0 Å². The van der Waals surface area contributed by atoms with Crippen molar-refractivity contribution in [1.29, 1.82) is 0 Å². The Labute approximate surface area is 182 Å². The maximum absolute atomic E-state index is 13.3. The summed E-state index contributed by atoms with van der Waals surface area (Å²) in [6.45, 7) is 6.36. The van der Waals surface area contributed by atoms with Gasteiger partial charge in [-0.3, -0.25) is 14.9 Å². The summed E-state index contributed by atoms with van der Waals surface area (Å²) in [7, 11) is 1.99. The molecule has 1 saturated heterocycles. The average molecular weight is 421 g/mol. The summed E-state index contributed by atoms with van der Waals surface area (Å²) >= 11 is 0. The standard InChI is InChI=1S/C24H28N4O3/c1-3-26-11-13-27(14-12-26)24(29)16-21(18-7-6-8-19(15-18)28(30)31)22-17-25(2)23-10-5-4-9-20(22)23/h4-10,15,17,21H,3,11-14,16H2,1-2H3/t21-/m1/s1. The fraction of sp³-hybridized carbons (Fsp3) is 0.375. The molecule has 0 saturated carbocycles. The third-order valence-corrected chi connectivity index (χ3v) is 6.34. The summed E-state index contributed by atoms with van der Waals surface area (Å²) < 4.78 is 2.06. The topological polar surface area (TPSA) is 71.6 Å². The van der Waals surface area contributed by atoms with Gasteiger partial charge in [0, 0.05) is 74.8 Å². The van der Waals surface area contributed by atoms with Crippen molar-refractivity contribution < 1.29 is 9.72 Å². The van der Waals surface area contributed by atoms with Gasteiger partial charge in [-0.05, 0) is 23.7 Å². The van der Waals surface area contributed by atoms with Crippen molar-refractivity contribution >= 4 is 22.5 Å². The lowest BCUT2D eigenvalue weighted by Crippen LogP contribution is -2.48. The van der Waals surface area contributed by atoms with Crippen LogP contribution in [-0.2, 0) is 11.8 Å². The molecule has 2 aromatic carbocycles. The Balaban J connectivity index is 1.70. The van der Waals surface area contributed by atoms with Crippen molar-refractivity contribution in [2.45, 2.75) is 19.3 Å². The molecule has 0 aliphatic carbocycles. The monoisotopic (exact) mass is 420 g/mol. The smallest absolute Gasteiger partial charge is 0.269 e. The molecule has 31 heavy (non-hydrogen) atoms. The zero-order valence-electron chi connectivity index (χ0n) is 18.0. The molecule has 7 nitrogen and oxygen atoms in total. The van der Waals surface area contributed by atoms with E-state index in [0.717, 1.165) is 54.8 Å². The Hall–Kier alpha value is -3.19. The number of amides is 1. The second-order valence-electron chi connectivity index (χ2n) is 8.14. The van der Waals surface area contributed by atoms with Crippen LogP contribution in [0.3, 0.4) is 0 Å². The van der Waals surface area contributed by atoms with Crippen LogP contribution >= 0.6 is 0 Å². The molecular formula is C24H28N4O3. The molecule has 4 rings (SSSR count). The molecule has 1 atom stereocenters. The minimum Gasteiger partial charge on any atom is -0.350 e. The zero-order chi connectivity index (χ0) is 22.0. The number of nitro benzene ring substituents is 1. The van der Waals surface area contributed by atoms with Gasteiger partial charge in [0.25, 0.3) is 5.69 Å². The third-order valence-electron chi connectivity index (χ3n) is 6.34. The predicted molar refractivity (Wildman–Crippen MR) is 121 cm³/mol. The van der Waals surface area contributed by atoms with Crippen LogP contribution < -0.4 is 0 Å². The highest BCUT2D eigenvalue weighted by atomic mass is 16.6. The van der Waals surface area contributed by atoms with Gasteiger partial charge in [0.1, 0.15) is 0 Å². The fourth-order valence-electron chi connectivity index (χ4n) is 4.53. The maximum Gasteiger partial charge on any atom is 0.269 e. The van der Waals surface area contributed by atoms with Crippen LogP contribution in [0, 0.1) is 10.1 Å². The average Bonchev–Trinajstić information content (AvgIpc) is 3.14. The predicted octanol–water partition coefficient (Wildman–Crippen LogP) is 3.77. The minimum absolute atomic E-state index is 0.0479. The number of aryl methyl sites for hydroxylation is 1. The van der Waals surface area contributed by atoms with E-state index in [1.165, 1.54) is 6.07 Å². The molecule has 0 bridgehead atoms. The molecule has 1 amide bonds. The highest BCUT2D eigenvalue weighted by Crippen LogP contribution is 2.36. The summed E-state index contributed by atoms with van der Waals surface area (Å²) in [4.78, 5) is 28.6. The first kappa shape index (κ1) is 21.1. The van der Waals surface area contributed by atoms with Gasteiger partial charge in [0.05, 0.1) is 4.92 Å². The second kappa shape index (κ2) is 8.89. The number of nitrogens with zero attached hydrogens (tertiary/aromatic N) is 4. The first-order valence-corrected chi connectivity index (χ1v) is 10.8. The molecule has 1 fully saturated rings. The summed E-state index contributed by atoms with van der Waals surface area (Å²) in [5.41, 5.74) is 2.95. The highest BCUT2D eigenvalue weighted by molar-refractivity contribution is 5.86. The SMILES string of the molecule is CCN1CCN(C(=O)C[C@H](c2cccc([N+](=O)[O-])c2)c2cn(C)c3ccccc23)CC1. The zero-order valence-corrected chi connectivity index (χ0v) is 18.0. The van der Waals surface area contributed by atoms with Crippen LogP contribution in [0.15, 0.2) is 54.7 Å². The summed E-state index contributed by atoms with van der Waals surface area (Å²) in [5, 5.41) is 12.5. The molecule has 0 radical (unpaired) electrons. The number of hydrogen-bond donors (Lipinski definition) is 0. The van der Waals surface area contributed by atoms with Crippen LogP contribution in [0.5, 0.6) is 0 Å². The largest absolute Gasteiger partial charge is 0.350 e. The van der Waals surface area contributed by atoms with E-state index in [9.17, 15) is 14.9 Å². The number of likely N-dealkylation sites (N-methyl/N-ethyl adjacent to an activating group) is 1. The van der Waals surface area contributed by atoms with Gasteiger partial charge in [0.2, 0.25) is 5.91 Å². The van der Waals surface area contributed by atoms with Crippen LogP contribution in [-0.4, -0.2) is 57.9 Å². The number of nitro groups is 1. The molecule has 2 heterocycles. The number of fused-ring (bicyclic) bond motifs is 1. The Morgan fingerprint density at radius 3 is 2.55 bits per heavy atom. The van der Waals surface area contributed by atoms with E-state index in [4.69, 9.17) is 0 Å². The highest BCUT2D eigenvalue weighted by Gasteiger charge is 2.27. The molecule has 7 heteroatoms. The number of benzene rings is 2. The fourth-order valence-corrected chi connectivity index (χ4v) is 4.53. The number of hydrogen-bond acceptors (Lipinski definition) is 4. The summed E-state index contributed by atoms with van der Waals surface area (Å²) in [6.07, 6.45) is 2.35. The summed E-state index contributed by atoms with van der Waals surface area (Å²) in [6, 6.07) is 14.8. The van der Waals surface area contributed by atoms with Crippen LogP contribution in [0.25, 0.3) is 10.9 Å². The van der Waals surface area contributed by atoms with Crippen molar-refractivity contribution in [2.75, 3.05) is 32.7 Å². The van der Waals surface area contributed by atoms with E-state index in [-0.39, 0.29) is 22.4 Å². The molecule has 162 valence electrons. The lowest BCUT2D eigenvalue weighted by Gasteiger charge is -2.34. The lowest BCUT2D eigenvalue weighted by molar-refractivity contribution is -0.384. The first-order chi connectivity index (χ1) is 15.0. The molecule has 0 N–H and O–H groups in total. The summed E-state index contributed by atoms with van der Waals surface area (Å²) in [5.74, 6) is -0.150. The number of carbonyl (C=O) groups excluding carboxylic acids is 1. The van der Waals surface area contributed by atoms with E-state index >= 15 is 0 Å². The van der Waals surface area contributed by atoms with Gasteiger partial charge in [-0.2, -0.15) is 0 Å². The molecule has 1 aliphatic rings. The Morgan fingerprint density at radius 2 is 1.84 bits per heavy atom. The molecular weight excluding hydrogens is 392 g/mol.